The number of hydrogen-bond donors (Lipinski definition) is 5. The standard InChI is InChI=1S/C30H44N6O6.C5H10/c1-18(26(39)32-17-20-10-6-5-7-11-20)33-29(42)35-24(30(2,3)4)28(41)36-15-9-14-22(36)27(40)34-21(23(37)25(31)38)16-19-12-8-13-19;1-2-4-5-3-1/h5-7,10-11,18-19,21-22,24H,8-9,12-17H2,1-4H3,(H2,31,38)(H,32,39)(H,34,40)(H2,33,35,42);1-5H2. The second-order valence-electron chi connectivity index (χ2n) is 14.1. The van der Waals surface area contributed by atoms with E-state index in [4.69, 9.17) is 5.73 Å². The molecule has 4 atom stereocenters. The molecule has 1 aromatic carbocycles. The Kier molecular flexibility index (Phi) is 14.2. The first-order valence-corrected chi connectivity index (χ1v) is 17.1. The van der Waals surface area contributed by atoms with E-state index in [0.29, 0.717) is 32.4 Å². The van der Waals surface area contributed by atoms with Gasteiger partial charge in [-0.15, -0.1) is 0 Å². The molecule has 0 radical (unpaired) electrons. The first-order chi connectivity index (χ1) is 22.3. The van der Waals surface area contributed by atoms with Crippen LogP contribution in [0.1, 0.15) is 104 Å². The van der Waals surface area contributed by atoms with E-state index in [-0.39, 0.29) is 11.8 Å². The number of primary amides is 1. The molecule has 3 fully saturated rings. The lowest BCUT2D eigenvalue weighted by Crippen LogP contribution is -2.61. The van der Waals surface area contributed by atoms with Crippen LogP contribution in [0, 0.1) is 11.3 Å². The lowest BCUT2D eigenvalue weighted by molar-refractivity contribution is -0.143. The maximum atomic E-state index is 13.8. The predicted molar refractivity (Wildman–Crippen MR) is 179 cm³/mol. The number of nitrogens with zero attached hydrogens (tertiary/aromatic N) is 1. The Morgan fingerprint density at radius 2 is 1.47 bits per heavy atom. The Morgan fingerprint density at radius 3 is 2.00 bits per heavy atom. The lowest BCUT2D eigenvalue weighted by Gasteiger charge is -2.36. The molecule has 1 aromatic rings. The number of benzene rings is 1. The number of ketones is 1. The van der Waals surface area contributed by atoms with Crippen LogP contribution < -0.4 is 27.0 Å². The molecule has 2 aliphatic carbocycles. The molecule has 4 rings (SSSR count). The molecule has 6 N–H and O–H groups in total. The molecule has 6 amide bonds. The lowest BCUT2D eigenvalue weighted by atomic mass is 9.80. The molecule has 1 saturated heterocycles. The van der Waals surface area contributed by atoms with Crippen LogP contribution >= 0.6 is 0 Å². The van der Waals surface area contributed by atoms with E-state index in [2.05, 4.69) is 21.3 Å². The quantitative estimate of drug-likeness (QED) is 0.216. The minimum absolute atomic E-state index is 0.232. The Bertz CT molecular complexity index is 1230. The topological polar surface area (TPSA) is 180 Å². The highest BCUT2D eigenvalue weighted by Gasteiger charge is 2.43. The van der Waals surface area contributed by atoms with Crippen LogP contribution in [-0.2, 0) is 30.5 Å². The van der Waals surface area contributed by atoms with Gasteiger partial charge in [-0.2, -0.15) is 0 Å². The van der Waals surface area contributed by atoms with Gasteiger partial charge in [0.15, 0.2) is 0 Å². The zero-order chi connectivity index (χ0) is 34.6. The van der Waals surface area contributed by atoms with E-state index < -0.39 is 59.1 Å². The summed E-state index contributed by atoms with van der Waals surface area (Å²) in [6.45, 7) is 7.51. The third-order valence-corrected chi connectivity index (χ3v) is 9.20. The summed E-state index contributed by atoms with van der Waals surface area (Å²) in [6.07, 6.45) is 11.6. The molecule has 47 heavy (non-hydrogen) atoms. The van der Waals surface area contributed by atoms with E-state index in [0.717, 1.165) is 24.8 Å². The van der Waals surface area contributed by atoms with Gasteiger partial charge in [-0.05, 0) is 43.1 Å². The van der Waals surface area contributed by atoms with E-state index in [1.54, 1.807) is 27.7 Å². The third-order valence-electron chi connectivity index (χ3n) is 9.20. The number of likely N-dealkylation sites (tertiary alicyclic amines) is 1. The van der Waals surface area contributed by atoms with Crippen molar-refractivity contribution in [1.82, 2.24) is 26.2 Å². The first kappa shape index (κ1) is 37.5. The summed E-state index contributed by atoms with van der Waals surface area (Å²) in [7, 11) is 0. The zero-order valence-electron chi connectivity index (χ0n) is 28.4. The van der Waals surface area contributed by atoms with Crippen LogP contribution in [0.15, 0.2) is 30.3 Å². The highest BCUT2D eigenvalue weighted by molar-refractivity contribution is 6.37. The fourth-order valence-electron chi connectivity index (χ4n) is 6.11. The highest BCUT2D eigenvalue weighted by atomic mass is 16.2. The van der Waals surface area contributed by atoms with Gasteiger partial charge in [-0.3, -0.25) is 24.0 Å². The number of rotatable bonds is 12. The van der Waals surface area contributed by atoms with Gasteiger partial charge in [0, 0.05) is 13.1 Å². The third kappa shape index (κ3) is 11.7. The van der Waals surface area contributed by atoms with Crippen LogP contribution in [0.4, 0.5) is 4.79 Å². The van der Waals surface area contributed by atoms with Gasteiger partial charge in [-0.1, -0.05) is 102 Å². The summed E-state index contributed by atoms with van der Waals surface area (Å²) in [5.41, 5.74) is 5.42. The summed E-state index contributed by atoms with van der Waals surface area (Å²) < 4.78 is 0. The van der Waals surface area contributed by atoms with Crippen molar-refractivity contribution in [2.45, 2.75) is 129 Å². The van der Waals surface area contributed by atoms with Crippen molar-refractivity contribution in [3.8, 4) is 0 Å². The number of carbonyl (C=O) groups is 6. The number of nitrogens with one attached hydrogen (secondary N) is 4. The molecular formula is C35H54N6O6. The molecule has 2 saturated carbocycles. The van der Waals surface area contributed by atoms with Gasteiger partial charge in [0.1, 0.15) is 18.1 Å². The smallest absolute Gasteiger partial charge is 0.316 e. The zero-order valence-corrected chi connectivity index (χ0v) is 28.4. The highest BCUT2D eigenvalue weighted by Crippen LogP contribution is 2.31. The van der Waals surface area contributed by atoms with Gasteiger partial charge in [0.05, 0.1) is 6.04 Å². The minimum atomic E-state index is -1.11. The first-order valence-electron chi connectivity index (χ1n) is 17.1. The number of urea groups is 1. The average Bonchev–Trinajstić information content (AvgIpc) is 3.75. The van der Waals surface area contributed by atoms with Gasteiger partial charge < -0.3 is 31.9 Å². The summed E-state index contributed by atoms with van der Waals surface area (Å²) in [5, 5.41) is 10.7. The molecule has 1 aliphatic heterocycles. The van der Waals surface area contributed by atoms with Gasteiger partial charge >= 0.3 is 6.03 Å². The molecular weight excluding hydrogens is 600 g/mol. The van der Waals surface area contributed by atoms with E-state index in [1.165, 1.54) is 37.0 Å². The van der Waals surface area contributed by atoms with Gasteiger partial charge in [0.25, 0.3) is 5.91 Å². The molecule has 4 unspecified atom stereocenters. The normalized spacial score (nSPS) is 19.6. The average molecular weight is 655 g/mol. The monoisotopic (exact) mass is 654 g/mol. The fourth-order valence-corrected chi connectivity index (χ4v) is 6.11. The van der Waals surface area contributed by atoms with Crippen molar-refractivity contribution in [3.05, 3.63) is 35.9 Å². The summed E-state index contributed by atoms with van der Waals surface area (Å²) in [5.74, 6) is -3.08. The van der Waals surface area contributed by atoms with E-state index in [9.17, 15) is 28.8 Å². The molecule has 1 heterocycles. The number of hydrogen-bond acceptors (Lipinski definition) is 6. The molecule has 12 nitrogen and oxygen atoms in total. The largest absolute Gasteiger partial charge is 0.363 e. The maximum Gasteiger partial charge on any atom is 0.316 e. The van der Waals surface area contributed by atoms with Gasteiger partial charge in [0.2, 0.25) is 23.5 Å². The van der Waals surface area contributed by atoms with Crippen molar-refractivity contribution in [2.75, 3.05) is 6.54 Å². The maximum absolute atomic E-state index is 13.8. The Hall–Kier alpha value is -3.96. The molecule has 12 heteroatoms. The molecule has 0 aromatic heterocycles. The summed E-state index contributed by atoms with van der Waals surface area (Å²) in [4.78, 5) is 78.0. The number of carbonyl (C=O) groups excluding carboxylic acids is 6. The Morgan fingerprint density at radius 1 is 0.851 bits per heavy atom. The SMILES string of the molecule is C1CCCC1.CC(NC(=O)NC(C(=O)N1CCCC1C(=O)NC(CC1CCC1)C(=O)C(N)=O)C(C)(C)C)C(=O)NCc1ccccc1. The van der Waals surface area contributed by atoms with Crippen LogP contribution in [0.3, 0.4) is 0 Å². The summed E-state index contributed by atoms with van der Waals surface area (Å²) >= 11 is 0. The fraction of sp³-hybridized carbons (Fsp3) is 0.657. The van der Waals surface area contributed by atoms with Crippen LogP contribution in [0.5, 0.6) is 0 Å². The van der Waals surface area contributed by atoms with Crippen molar-refractivity contribution in [3.63, 3.8) is 0 Å². The molecule has 3 aliphatic rings. The number of nitrogens with two attached hydrogens (primary N) is 1. The van der Waals surface area contributed by atoms with Crippen molar-refractivity contribution >= 4 is 35.4 Å². The van der Waals surface area contributed by atoms with Gasteiger partial charge in [-0.25, -0.2) is 4.79 Å². The van der Waals surface area contributed by atoms with Crippen LogP contribution in [-0.4, -0.2) is 71.1 Å². The number of Topliss-reactive ketones (excluding diaryl/α,β-unsaturated/α-hetero) is 1. The minimum Gasteiger partial charge on any atom is -0.363 e. The molecule has 260 valence electrons. The second-order valence-corrected chi connectivity index (χ2v) is 14.1. The molecule has 0 spiro atoms. The van der Waals surface area contributed by atoms with Crippen molar-refractivity contribution in [2.24, 2.45) is 17.1 Å². The summed E-state index contributed by atoms with van der Waals surface area (Å²) in [6, 6.07) is 4.89. The van der Waals surface area contributed by atoms with Crippen LogP contribution in [0.2, 0.25) is 0 Å². The van der Waals surface area contributed by atoms with E-state index >= 15 is 0 Å². The number of amides is 6. The second kappa shape index (κ2) is 17.8. The van der Waals surface area contributed by atoms with Crippen LogP contribution in [0.25, 0.3) is 0 Å². The van der Waals surface area contributed by atoms with Crippen molar-refractivity contribution in [1.29, 1.82) is 0 Å². The van der Waals surface area contributed by atoms with E-state index in [1.807, 2.05) is 30.3 Å². The van der Waals surface area contributed by atoms with Crippen molar-refractivity contribution < 1.29 is 28.8 Å². The predicted octanol–water partition coefficient (Wildman–Crippen LogP) is 3.08. The Balaban J connectivity index is 0.00000109. The molecule has 0 bridgehead atoms. The Labute approximate surface area is 278 Å².